The Morgan fingerprint density at radius 3 is 2.33 bits per heavy atom. The van der Waals surface area contributed by atoms with Crippen LogP contribution in [0.1, 0.15) is 11.5 Å². The lowest BCUT2D eigenvalue weighted by Gasteiger charge is -2.33. The van der Waals surface area contributed by atoms with E-state index in [0.29, 0.717) is 37.1 Å². The van der Waals surface area contributed by atoms with E-state index in [1.807, 2.05) is 4.90 Å². The lowest BCUT2D eigenvalue weighted by molar-refractivity contribution is -0.139. The molecule has 0 amide bonds. The number of benzene rings is 2. The second-order valence-electron chi connectivity index (χ2n) is 7.41. The van der Waals surface area contributed by atoms with E-state index in [0.717, 1.165) is 22.0 Å². The second-order valence-corrected chi connectivity index (χ2v) is 9.32. The fourth-order valence-corrected chi connectivity index (χ4v) is 5.19. The molecule has 176 valence electrons. The Morgan fingerprint density at radius 2 is 1.70 bits per heavy atom. The van der Waals surface area contributed by atoms with Gasteiger partial charge in [-0.2, -0.15) is 22.5 Å². The van der Waals surface area contributed by atoms with Gasteiger partial charge in [0.25, 0.3) is 0 Å². The molecule has 1 fully saturated rings. The first-order valence-corrected chi connectivity index (χ1v) is 11.5. The van der Waals surface area contributed by atoms with E-state index >= 15 is 0 Å². The molecule has 1 aliphatic rings. The second kappa shape index (κ2) is 9.12. The average molecular weight is 482 g/mol. The fourth-order valence-electron chi connectivity index (χ4n) is 3.56. The van der Waals surface area contributed by atoms with Crippen molar-refractivity contribution in [3.63, 3.8) is 0 Å². The molecule has 2 heterocycles. The number of hydrogen-bond donors (Lipinski definition) is 0. The molecule has 0 N–H and O–H groups in total. The molecule has 2 aromatic carbocycles. The SMILES string of the molecule is COc1ccc(-c2noc(CN3CCN(S(=O)(=O)c4ccccc4C(F)(F)F)CC3)n2)cc1. The lowest BCUT2D eigenvalue weighted by Crippen LogP contribution is -2.48. The van der Waals surface area contributed by atoms with Crippen LogP contribution in [0, 0.1) is 0 Å². The van der Waals surface area contributed by atoms with Crippen molar-refractivity contribution in [2.24, 2.45) is 0 Å². The van der Waals surface area contributed by atoms with Gasteiger partial charge in [-0.15, -0.1) is 0 Å². The summed E-state index contributed by atoms with van der Waals surface area (Å²) in [6, 6.07) is 11.4. The first-order chi connectivity index (χ1) is 15.7. The van der Waals surface area contributed by atoms with Crippen LogP contribution in [0.5, 0.6) is 5.75 Å². The molecule has 3 aromatic rings. The van der Waals surface area contributed by atoms with E-state index in [9.17, 15) is 21.6 Å². The first kappa shape index (κ1) is 23.2. The average Bonchev–Trinajstić information content (AvgIpc) is 3.27. The van der Waals surface area contributed by atoms with Crippen LogP contribution < -0.4 is 4.74 Å². The van der Waals surface area contributed by atoms with Gasteiger partial charge in [-0.3, -0.25) is 4.90 Å². The minimum atomic E-state index is -4.76. The van der Waals surface area contributed by atoms with Gasteiger partial charge < -0.3 is 9.26 Å². The monoisotopic (exact) mass is 482 g/mol. The van der Waals surface area contributed by atoms with Crippen molar-refractivity contribution in [3.8, 4) is 17.1 Å². The predicted molar refractivity (Wildman–Crippen MR) is 112 cm³/mol. The number of piperazine rings is 1. The van der Waals surface area contributed by atoms with Crippen LogP contribution in [-0.2, 0) is 22.7 Å². The van der Waals surface area contributed by atoms with Gasteiger partial charge in [-0.25, -0.2) is 8.42 Å². The van der Waals surface area contributed by atoms with Gasteiger partial charge in [0.1, 0.15) is 5.75 Å². The van der Waals surface area contributed by atoms with Crippen molar-refractivity contribution in [2.75, 3.05) is 33.3 Å². The Balaban J connectivity index is 1.40. The van der Waals surface area contributed by atoms with Crippen LogP contribution in [0.2, 0.25) is 0 Å². The largest absolute Gasteiger partial charge is 0.497 e. The number of rotatable bonds is 6. The molecule has 8 nitrogen and oxygen atoms in total. The van der Waals surface area contributed by atoms with Gasteiger partial charge >= 0.3 is 6.18 Å². The molecule has 4 rings (SSSR count). The lowest BCUT2D eigenvalue weighted by atomic mass is 10.2. The van der Waals surface area contributed by atoms with Crippen molar-refractivity contribution in [1.82, 2.24) is 19.3 Å². The zero-order chi connectivity index (χ0) is 23.6. The third-order valence-electron chi connectivity index (χ3n) is 5.32. The van der Waals surface area contributed by atoms with Crippen molar-refractivity contribution in [1.29, 1.82) is 0 Å². The van der Waals surface area contributed by atoms with E-state index in [4.69, 9.17) is 9.26 Å². The van der Waals surface area contributed by atoms with Gasteiger partial charge in [0.2, 0.25) is 21.7 Å². The maximum Gasteiger partial charge on any atom is 0.417 e. The number of nitrogens with zero attached hydrogens (tertiary/aromatic N) is 4. The van der Waals surface area contributed by atoms with Crippen molar-refractivity contribution in [3.05, 3.63) is 60.0 Å². The van der Waals surface area contributed by atoms with Crippen LogP contribution in [0.25, 0.3) is 11.4 Å². The number of ether oxygens (including phenoxy) is 1. The summed E-state index contributed by atoms with van der Waals surface area (Å²) in [5, 5.41) is 3.97. The summed E-state index contributed by atoms with van der Waals surface area (Å²) in [6.07, 6.45) is -4.76. The van der Waals surface area contributed by atoms with Gasteiger partial charge in [0.15, 0.2) is 0 Å². The van der Waals surface area contributed by atoms with Gasteiger partial charge in [-0.1, -0.05) is 17.3 Å². The number of aromatic nitrogens is 2. The Labute approximate surface area is 188 Å². The number of sulfonamides is 1. The van der Waals surface area contributed by atoms with Gasteiger partial charge in [-0.05, 0) is 36.4 Å². The summed E-state index contributed by atoms with van der Waals surface area (Å²) < 4.78 is 77.1. The molecule has 0 spiro atoms. The number of hydrogen-bond acceptors (Lipinski definition) is 7. The minimum Gasteiger partial charge on any atom is -0.497 e. The summed E-state index contributed by atoms with van der Waals surface area (Å²) in [4.78, 5) is 5.55. The quantitative estimate of drug-likeness (QED) is 0.533. The topological polar surface area (TPSA) is 88.8 Å². The van der Waals surface area contributed by atoms with Gasteiger partial charge in [0.05, 0.1) is 24.1 Å². The maximum absolute atomic E-state index is 13.3. The van der Waals surface area contributed by atoms with Crippen molar-refractivity contribution in [2.45, 2.75) is 17.6 Å². The highest BCUT2D eigenvalue weighted by Crippen LogP contribution is 2.35. The molecule has 0 radical (unpaired) electrons. The molecule has 0 saturated carbocycles. The first-order valence-electron chi connectivity index (χ1n) is 10.0. The smallest absolute Gasteiger partial charge is 0.417 e. The molecule has 0 aliphatic carbocycles. The molecule has 1 saturated heterocycles. The Bertz CT molecular complexity index is 1200. The molecule has 1 aliphatic heterocycles. The van der Waals surface area contributed by atoms with E-state index in [1.54, 1.807) is 31.4 Å². The van der Waals surface area contributed by atoms with E-state index in [1.165, 1.54) is 12.1 Å². The Morgan fingerprint density at radius 1 is 1.03 bits per heavy atom. The third kappa shape index (κ3) is 5.02. The Kier molecular flexibility index (Phi) is 6.41. The molecule has 1 aromatic heterocycles. The molecule has 0 bridgehead atoms. The molecule has 12 heteroatoms. The molecular formula is C21H21F3N4O4S. The summed E-state index contributed by atoms with van der Waals surface area (Å²) in [6.45, 7) is 1.03. The highest BCUT2D eigenvalue weighted by Gasteiger charge is 2.39. The van der Waals surface area contributed by atoms with Crippen molar-refractivity contribution < 1.29 is 30.8 Å². The normalized spacial score (nSPS) is 16.1. The maximum atomic E-state index is 13.3. The molecule has 0 atom stereocenters. The standard InChI is InChI=1S/C21H21F3N4O4S/c1-31-16-8-6-15(7-9-16)20-25-19(32-26-20)14-27-10-12-28(13-11-27)33(29,30)18-5-3-2-4-17(18)21(22,23)24/h2-9H,10-14H2,1H3. The third-order valence-corrected chi connectivity index (χ3v) is 7.27. The van der Waals surface area contributed by atoms with Crippen molar-refractivity contribution >= 4 is 10.0 Å². The minimum absolute atomic E-state index is 0.0496. The van der Waals surface area contributed by atoms with Crippen LogP contribution in [0.4, 0.5) is 13.2 Å². The number of alkyl halides is 3. The van der Waals surface area contributed by atoms with E-state index in [-0.39, 0.29) is 13.1 Å². The zero-order valence-electron chi connectivity index (χ0n) is 17.6. The van der Waals surface area contributed by atoms with E-state index in [2.05, 4.69) is 10.1 Å². The number of halogens is 3. The van der Waals surface area contributed by atoms with Gasteiger partial charge in [0, 0.05) is 31.7 Å². The van der Waals surface area contributed by atoms with Crippen LogP contribution in [0.3, 0.4) is 0 Å². The summed E-state index contributed by atoms with van der Waals surface area (Å²) in [7, 11) is -2.71. The van der Waals surface area contributed by atoms with Crippen LogP contribution in [-0.4, -0.2) is 61.1 Å². The fraction of sp³-hybridized carbons (Fsp3) is 0.333. The summed E-state index contributed by atoms with van der Waals surface area (Å²) in [5.74, 6) is 1.48. The highest BCUT2D eigenvalue weighted by atomic mass is 32.2. The molecular weight excluding hydrogens is 461 g/mol. The summed E-state index contributed by atoms with van der Waals surface area (Å²) >= 11 is 0. The molecule has 0 unspecified atom stereocenters. The van der Waals surface area contributed by atoms with Crippen LogP contribution in [0.15, 0.2) is 57.9 Å². The Hall–Kier alpha value is -2.96. The van der Waals surface area contributed by atoms with Crippen LogP contribution >= 0.6 is 0 Å². The predicted octanol–water partition coefficient (Wildman–Crippen LogP) is 3.27. The number of methoxy groups -OCH3 is 1. The highest BCUT2D eigenvalue weighted by molar-refractivity contribution is 7.89. The summed E-state index contributed by atoms with van der Waals surface area (Å²) in [5.41, 5.74) is -0.408. The molecule has 33 heavy (non-hydrogen) atoms. The zero-order valence-corrected chi connectivity index (χ0v) is 18.4. The van der Waals surface area contributed by atoms with E-state index < -0.39 is 26.7 Å².